The molecule has 1 aromatic carbocycles. The number of fused-ring (bicyclic) bond motifs is 1. The molecule has 0 spiro atoms. The minimum Gasteiger partial charge on any atom is -0.371 e. The number of aromatic nitrogens is 4. The fourth-order valence-corrected chi connectivity index (χ4v) is 4.14. The third kappa shape index (κ3) is 4.03. The normalized spacial score (nSPS) is 15.2. The van der Waals surface area contributed by atoms with Crippen molar-refractivity contribution in [3.05, 3.63) is 72.8 Å². The first-order chi connectivity index (χ1) is 14.3. The Labute approximate surface area is 170 Å². The molecule has 4 aromatic rings. The third-order valence-corrected chi connectivity index (χ3v) is 5.75. The van der Waals surface area contributed by atoms with Gasteiger partial charge in [-0.2, -0.15) is 5.10 Å². The first kappa shape index (κ1) is 17.9. The number of nitrogens with one attached hydrogen (secondary N) is 2. The molecule has 0 saturated carbocycles. The van der Waals surface area contributed by atoms with Gasteiger partial charge in [0.15, 0.2) is 0 Å². The Morgan fingerprint density at radius 1 is 1.07 bits per heavy atom. The van der Waals surface area contributed by atoms with E-state index in [0.717, 1.165) is 43.1 Å². The monoisotopic (exact) mass is 386 g/mol. The smallest absolute Gasteiger partial charge is 0.136 e. The number of piperidine rings is 1. The number of pyridine rings is 1. The number of hydrogen-bond acceptors (Lipinski definition) is 4. The first-order valence-electron chi connectivity index (χ1n) is 10.4. The Kier molecular flexibility index (Phi) is 5.01. The van der Waals surface area contributed by atoms with Crippen molar-refractivity contribution in [1.29, 1.82) is 0 Å². The first-order valence-corrected chi connectivity index (χ1v) is 10.4. The number of anilines is 1. The van der Waals surface area contributed by atoms with Crippen LogP contribution >= 0.6 is 0 Å². The fourth-order valence-electron chi connectivity index (χ4n) is 4.14. The molecule has 1 aliphatic rings. The molecule has 5 rings (SSSR count). The minimum atomic E-state index is 0.582. The lowest BCUT2D eigenvalue weighted by atomic mass is 10.0. The van der Waals surface area contributed by atoms with Crippen LogP contribution in [0.25, 0.3) is 16.9 Å². The number of hydrogen-bond donors (Lipinski definition) is 2. The van der Waals surface area contributed by atoms with Crippen LogP contribution in [0.4, 0.5) is 5.69 Å². The Bertz CT molecular complexity index is 1030. The van der Waals surface area contributed by atoms with Gasteiger partial charge >= 0.3 is 0 Å². The van der Waals surface area contributed by atoms with E-state index in [-0.39, 0.29) is 0 Å². The number of benzene rings is 1. The summed E-state index contributed by atoms with van der Waals surface area (Å²) >= 11 is 0. The van der Waals surface area contributed by atoms with Crippen molar-refractivity contribution < 1.29 is 0 Å². The number of rotatable bonds is 6. The zero-order valence-electron chi connectivity index (χ0n) is 16.5. The summed E-state index contributed by atoms with van der Waals surface area (Å²) in [6, 6.07) is 17.4. The highest BCUT2D eigenvalue weighted by molar-refractivity contribution is 5.65. The van der Waals surface area contributed by atoms with Crippen LogP contribution in [0, 0.1) is 0 Å². The highest BCUT2D eigenvalue weighted by atomic mass is 15.1. The molecule has 29 heavy (non-hydrogen) atoms. The second-order valence-electron chi connectivity index (χ2n) is 7.68. The molecule has 4 heterocycles. The van der Waals surface area contributed by atoms with E-state index < -0.39 is 0 Å². The maximum Gasteiger partial charge on any atom is 0.136 e. The van der Waals surface area contributed by atoms with E-state index in [2.05, 4.69) is 66.5 Å². The maximum atomic E-state index is 4.68. The van der Waals surface area contributed by atoms with Gasteiger partial charge in [-0.25, -0.2) is 4.98 Å². The van der Waals surface area contributed by atoms with Gasteiger partial charge in [-0.15, -0.1) is 0 Å². The number of H-pyrrole nitrogens is 1. The molecule has 0 bridgehead atoms. The quantitative estimate of drug-likeness (QED) is 0.532. The molecule has 0 aliphatic carbocycles. The molecule has 148 valence electrons. The molecule has 1 saturated heterocycles. The summed E-state index contributed by atoms with van der Waals surface area (Å²) in [6.45, 7) is 3.14. The molecule has 0 radical (unpaired) electrons. The lowest BCUT2D eigenvalue weighted by Crippen LogP contribution is -2.43. The zero-order valence-corrected chi connectivity index (χ0v) is 16.5. The molecule has 3 aromatic heterocycles. The van der Waals surface area contributed by atoms with E-state index in [0.29, 0.717) is 6.04 Å². The van der Waals surface area contributed by atoms with E-state index in [1.165, 1.54) is 24.1 Å². The van der Waals surface area contributed by atoms with Crippen molar-refractivity contribution in [1.82, 2.24) is 24.9 Å². The molecular weight excluding hydrogens is 360 g/mol. The van der Waals surface area contributed by atoms with E-state index in [4.69, 9.17) is 0 Å². The summed E-state index contributed by atoms with van der Waals surface area (Å²) in [4.78, 5) is 7.17. The van der Waals surface area contributed by atoms with Gasteiger partial charge in [-0.3, -0.25) is 5.10 Å². The summed E-state index contributed by atoms with van der Waals surface area (Å²) in [7, 11) is 0. The van der Waals surface area contributed by atoms with Gasteiger partial charge in [0.25, 0.3) is 0 Å². The van der Waals surface area contributed by atoms with E-state index in [1.807, 2.05) is 24.3 Å². The highest BCUT2D eigenvalue weighted by Crippen LogP contribution is 2.25. The molecule has 2 N–H and O–H groups in total. The second-order valence-corrected chi connectivity index (χ2v) is 7.68. The molecule has 6 heteroatoms. The fraction of sp³-hybridized carbons (Fsp3) is 0.304. The average Bonchev–Trinajstić information content (AvgIpc) is 3.44. The number of imidazole rings is 1. The maximum absolute atomic E-state index is 4.68. The molecular formula is C23H26N6. The number of nitrogens with zero attached hydrogens (tertiary/aromatic N) is 4. The van der Waals surface area contributed by atoms with Crippen molar-refractivity contribution in [2.75, 3.05) is 24.5 Å². The molecule has 0 atom stereocenters. The Hall–Kier alpha value is -3.12. The van der Waals surface area contributed by atoms with Crippen molar-refractivity contribution in [3.8, 4) is 11.3 Å². The lowest BCUT2D eigenvalue weighted by Gasteiger charge is -2.34. The van der Waals surface area contributed by atoms with Gasteiger partial charge < -0.3 is 14.6 Å². The average molecular weight is 387 g/mol. The van der Waals surface area contributed by atoms with Crippen LogP contribution in [0.15, 0.2) is 67.1 Å². The zero-order chi connectivity index (χ0) is 19.5. The summed E-state index contributed by atoms with van der Waals surface area (Å²) < 4.78 is 2.09. The van der Waals surface area contributed by atoms with Crippen molar-refractivity contribution >= 4 is 11.3 Å². The minimum absolute atomic E-state index is 0.582. The molecule has 0 amide bonds. The largest absolute Gasteiger partial charge is 0.371 e. The van der Waals surface area contributed by atoms with Crippen molar-refractivity contribution in [3.63, 3.8) is 0 Å². The van der Waals surface area contributed by atoms with Crippen molar-refractivity contribution in [2.24, 2.45) is 0 Å². The number of aromatic amines is 1. The van der Waals surface area contributed by atoms with Crippen LogP contribution in [0.1, 0.15) is 18.5 Å². The Balaban J connectivity index is 1.12. The van der Waals surface area contributed by atoms with Gasteiger partial charge in [0.2, 0.25) is 0 Å². The molecule has 0 unspecified atom stereocenters. The SMILES string of the molecule is c1cc(-c2ccn[nH]2)cc(N2CCC(NCCc3cn4ccccc4n3)CC2)c1. The molecule has 6 nitrogen and oxygen atoms in total. The van der Waals surface area contributed by atoms with Crippen LogP contribution in [0.2, 0.25) is 0 Å². The van der Waals surface area contributed by atoms with Crippen LogP contribution in [-0.4, -0.2) is 45.3 Å². The Morgan fingerprint density at radius 2 is 2.00 bits per heavy atom. The van der Waals surface area contributed by atoms with Gasteiger partial charge in [0.1, 0.15) is 5.65 Å². The van der Waals surface area contributed by atoms with Gasteiger partial charge in [0, 0.05) is 61.9 Å². The summed E-state index contributed by atoms with van der Waals surface area (Å²) in [5, 5.41) is 10.8. The van der Waals surface area contributed by atoms with E-state index >= 15 is 0 Å². The topological polar surface area (TPSA) is 61.2 Å². The van der Waals surface area contributed by atoms with E-state index in [9.17, 15) is 0 Å². The predicted molar refractivity (Wildman–Crippen MR) is 116 cm³/mol. The standard InChI is InChI=1S/C23H26N6/c1-2-13-29-17-20(26-23(29)6-1)7-11-24-19-9-14-28(15-10-19)21-5-3-4-18(16-21)22-8-12-25-27-22/h1-6,8,12-13,16-17,19,24H,7,9-11,14-15H2,(H,25,27). The van der Waals surface area contributed by atoms with Crippen LogP contribution in [0.3, 0.4) is 0 Å². The molecule has 1 aliphatic heterocycles. The van der Waals surface area contributed by atoms with Crippen LogP contribution < -0.4 is 10.2 Å². The van der Waals surface area contributed by atoms with Crippen molar-refractivity contribution in [2.45, 2.75) is 25.3 Å². The van der Waals surface area contributed by atoms with Gasteiger partial charge in [0.05, 0.1) is 11.4 Å². The van der Waals surface area contributed by atoms with Gasteiger partial charge in [-0.1, -0.05) is 18.2 Å². The summed E-state index contributed by atoms with van der Waals surface area (Å²) in [6.07, 6.45) is 9.28. The van der Waals surface area contributed by atoms with E-state index in [1.54, 1.807) is 6.20 Å². The van der Waals surface area contributed by atoms with Gasteiger partial charge in [-0.05, 0) is 43.2 Å². The Morgan fingerprint density at radius 3 is 2.83 bits per heavy atom. The van der Waals surface area contributed by atoms with Crippen LogP contribution in [0.5, 0.6) is 0 Å². The van der Waals surface area contributed by atoms with Crippen LogP contribution in [-0.2, 0) is 6.42 Å². The third-order valence-electron chi connectivity index (χ3n) is 5.75. The predicted octanol–water partition coefficient (Wildman–Crippen LogP) is 3.53. The lowest BCUT2D eigenvalue weighted by molar-refractivity contribution is 0.417. The highest BCUT2D eigenvalue weighted by Gasteiger charge is 2.19. The summed E-state index contributed by atoms with van der Waals surface area (Å²) in [5.41, 5.74) is 5.72. The molecule has 1 fully saturated rings. The second kappa shape index (κ2) is 8.09. The summed E-state index contributed by atoms with van der Waals surface area (Å²) in [5.74, 6) is 0.